The lowest BCUT2D eigenvalue weighted by Gasteiger charge is -2.16. The van der Waals surface area contributed by atoms with E-state index in [0.717, 1.165) is 66.8 Å². The molecule has 0 radical (unpaired) electrons. The minimum atomic E-state index is -0.612. The molecule has 6 rings (SSSR count). The van der Waals surface area contributed by atoms with E-state index in [-0.39, 0.29) is 56.6 Å². The maximum Gasteiger partial charge on any atom is 0.311 e. The summed E-state index contributed by atoms with van der Waals surface area (Å²) in [4.78, 5) is 76.4. The third kappa shape index (κ3) is 15.2. The zero-order chi connectivity index (χ0) is 53.6. The van der Waals surface area contributed by atoms with Gasteiger partial charge in [0, 0.05) is 5.56 Å². The quantitative estimate of drug-likeness (QED) is 0.0530. The molecule has 0 spiro atoms. The first-order valence-corrected chi connectivity index (χ1v) is 24.3. The summed E-state index contributed by atoms with van der Waals surface area (Å²) in [6.07, 6.45) is 0.0485. The molecule has 6 aromatic carbocycles. The SMILES string of the molecule is COc1ccccc1OC(=O)CCC(=O)Oc1c(C)cc(Cc2cc(C)c(OC(=O)CCC(=O)Oc3c(C)cc(Cc4cc(C)c(OC(=O)CCC(=O)Oc5ccccc5CO)c(C)c4)cc3C)c(C)c2)cc1C. The second-order valence-electron chi connectivity index (χ2n) is 18.3. The number of methoxy groups -OCH3 is 1. The van der Waals surface area contributed by atoms with Crippen molar-refractivity contribution in [2.24, 2.45) is 0 Å². The Morgan fingerprint density at radius 1 is 0.351 bits per heavy atom. The molecule has 1 N–H and O–H groups in total. The van der Waals surface area contributed by atoms with Gasteiger partial charge in [-0.1, -0.05) is 78.9 Å². The van der Waals surface area contributed by atoms with E-state index in [0.29, 0.717) is 47.2 Å². The van der Waals surface area contributed by atoms with Gasteiger partial charge in [0.2, 0.25) is 0 Å². The molecule has 0 aliphatic rings. The molecule has 74 heavy (non-hydrogen) atoms. The fourth-order valence-electron chi connectivity index (χ4n) is 8.74. The van der Waals surface area contributed by atoms with Gasteiger partial charge in [-0.05, 0) is 153 Å². The van der Waals surface area contributed by atoms with Gasteiger partial charge in [0.05, 0.1) is 52.2 Å². The third-order valence-corrected chi connectivity index (χ3v) is 12.0. The molecule has 0 bridgehead atoms. The van der Waals surface area contributed by atoms with Crippen molar-refractivity contribution in [2.75, 3.05) is 7.11 Å². The molecule has 0 heterocycles. The molecule has 0 saturated heterocycles. The third-order valence-electron chi connectivity index (χ3n) is 12.0. The molecule has 0 fully saturated rings. The van der Waals surface area contributed by atoms with Crippen LogP contribution in [0.5, 0.6) is 40.2 Å². The van der Waals surface area contributed by atoms with Gasteiger partial charge in [0.1, 0.15) is 28.7 Å². The lowest BCUT2D eigenvalue weighted by Crippen LogP contribution is -2.16. The van der Waals surface area contributed by atoms with E-state index in [9.17, 15) is 33.9 Å². The lowest BCUT2D eigenvalue weighted by atomic mass is 9.97. The topological polar surface area (TPSA) is 187 Å². The van der Waals surface area contributed by atoms with E-state index in [4.69, 9.17) is 33.2 Å². The van der Waals surface area contributed by atoms with Crippen LogP contribution < -0.4 is 33.2 Å². The lowest BCUT2D eigenvalue weighted by molar-refractivity contribution is -0.140. The molecule has 0 atom stereocenters. The van der Waals surface area contributed by atoms with Crippen LogP contribution in [-0.4, -0.2) is 48.0 Å². The Morgan fingerprint density at radius 3 is 0.878 bits per heavy atom. The van der Waals surface area contributed by atoms with Crippen LogP contribution in [0.3, 0.4) is 0 Å². The summed E-state index contributed by atoms with van der Waals surface area (Å²) in [6.45, 7) is 14.5. The van der Waals surface area contributed by atoms with Crippen LogP contribution in [0, 0.1) is 55.4 Å². The molecule has 0 aliphatic carbocycles. The van der Waals surface area contributed by atoms with Gasteiger partial charge in [-0.2, -0.15) is 0 Å². The van der Waals surface area contributed by atoms with Gasteiger partial charge in [-0.15, -0.1) is 0 Å². The molecule has 386 valence electrons. The van der Waals surface area contributed by atoms with Gasteiger partial charge < -0.3 is 38.3 Å². The normalized spacial score (nSPS) is 10.8. The van der Waals surface area contributed by atoms with Crippen LogP contribution >= 0.6 is 0 Å². The average Bonchev–Trinajstić information content (AvgIpc) is 3.34. The number of hydrogen-bond donors (Lipinski definition) is 1. The zero-order valence-electron chi connectivity index (χ0n) is 43.4. The van der Waals surface area contributed by atoms with Crippen molar-refractivity contribution in [3.8, 4) is 40.2 Å². The highest BCUT2D eigenvalue weighted by Gasteiger charge is 2.21. The van der Waals surface area contributed by atoms with Crippen LogP contribution in [0.2, 0.25) is 0 Å². The summed E-state index contributed by atoms with van der Waals surface area (Å²) in [5.41, 5.74) is 10.4. The number of aryl methyl sites for hydroxylation is 8. The number of hydrogen-bond acceptors (Lipinski definition) is 14. The minimum Gasteiger partial charge on any atom is -0.493 e. The van der Waals surface area contributed by atoms with Crippen molar-refractivity contribution in [1.29, 1.82) is 0 Å². The predicted molar refractivity (Wildman–Crippen MR) is 276 cm³/mol. The average molecular weight is 1010 g/mol. The minimum absolute atomic E-state index is 0.162. The van der Waals surface area contributed by atoms with Crippen molar-refractivity contribution in [3.63, 3.8) is 0 Å². The van der Waals surface area contributed by atoms with Crippen LogP contribution in [0.25, 0.3) is 0 Å². The Balaban J connectivity index is 0.957. The second-order valence-corrected chi connectivity index (χ2v) is 18.3. The van der Waals surface area contributed by atoms with Crippen molar-refractivity contribution in [3.05, 3.63) is 169 Å². The number of ether oxygens (including phenoxy) is 7. The van der Waals surface area contributed by atoms with Crippen molar-refractivity contribution < 1.29 is 67.0 Å². The molecule has 14 nitrogen and oxygen atoms in total. The molecule has 14 heteroatoms. The van der Waals surface area contributed by atoms with Gasteiger partial charge in [0.15, 0.2) is 11.5 Å². The van der Waals surface area contributed by atoms with E-state index in [1.54, 1.807) is 48.5 Å². The Kier molecular flexibility index (Phi) is 19.0. The summed E-state index contributed by atoms with van der Waals surface area (Å²) in [7, 11) is 1.48. The second kappa shape index (κ2) is 25.5. The molecule has 0 amide bonds. The molecular formula is C60H62O14. The molecule has 0 aromatic heterocycles. The number of esters is 6. The van der Waals surface area contributed by atoms with Gasteiger partial charge in [-0.25, -0.2) is 0 Å². The highest BCUT2D eigenvalue weighted by atomic mass is 16.6. The number of carbonyl (C=O) groups is 6. The highest BCUT2D eigenvalue weighted by Crippen LogP contribution is 2.33. The predicted octanol–water partition coefficient (Wildman–Crippen LogP) is 10.7. The largest absolute Gasteiger partial charge is 0.493 e. The molecule has 0 saturated carbocycles. The summed E-state index contributed by atoms with van der Waals surface area (Å²) in [5, 5.41) is 9.48. The molecule has 0 aliphatic heterocycles. The molecule has 0 unspecified atom stereocenters. The smallest absolute Gasteiger partial charge is 0.311 e. The van der Waals surface area contributed by atoms with Crippen molar-refractivity contribution >= 4 is 35.8 Å². The Morgan fingerprint density at radius 2 is 0.595 bits per heavy atom. The number of para-hydroxylation sites is 3. The summed E-state index contributed by atoms with van der Waals surface area (Å²) < 4.78 is 38.8. The van der Waals surface area contributed by atoms with Crippen LogP contribution in [0.1, 0.15) is 111 Å². The van der Waals surface area contributed by atoms with E-state index >= 15 is 0 Å². The molecular weight excluding hydrogens is 945 g/mol. The van der Waals surface area contributed by atoms with Crippen molar-refractivity contribution in [1.82, 2.24) is 0 Å². The summed E-state index contributed by atoms with van der Waals surface area (Å²) in [5.74, 6) is -0.828. The van der Waals surface area contributed by atoms with E-state index in [1.807, 2.05) is 104 Å². The van der Waals surface area contributed by atoms with Crippen LogP contribution in [0.15, 0.2) is 97.1 Å². The highest BCUT2D eigenvalue weighted by molar-refractivity contribution is 5.83. The van der Waals surface area contributed by atoms with E-state index < -0.39 is 35.8 Å². The number of aliphatic hydroxyl groups is 1. The number of aliphatic hydroxyl groups excluding tert-OH is 1. The van der Waals surface area contributed by atoms with Gasteiger partial charge >= 0.3 is 35.8 Å². The number of benzene rings is 6. The zero-order valence-corrected chi connectivity index (χ0v) is 43.4. The fraction of sp³-hybridized carbons (Fsp3) is 0.300. The summed E-state index contributed by atoms with van der Waals surface area (Å²) in [6, 6.07) is 28.9. The Labute approximate surface area is 431 Å². The first-order valence-electron chi connectivity index (χ1n) is 24.3. The monoisotopic (exact) mass is 1010 g/mol. The van der Waals surface area contributed by atoms with Gasteiger partial charge in [-0.3, -0.25) is 28.8 Å². The summed E-state index contributed by atoms with van der Waals surface area (Å²) >= 11 is 0. The fourth-order valence-corrected chi connectivity index (χ4v) is 8.74. The first kappa shape index (κ1) is 55.2. The van der Waals surface area contributed by atoms with Crippen molar-refractivity contribution in [2.45, 2.75) is 113 Å². The van der Waals surface area contributed by atoms with Gasteiger partial charge in [0.25, 0.3) is 0 Å². The molecule has 6 aromatic rings. The van der Waals surface area contributed by atoms with Crippen LogP contribution in [-0.2, 0) is 48.2 Å². The van der Waals surface area contributed by atoms with Crippen LogP contribution in [0.4, 0.5) is 0 Å². The standard InChI is InChI=1S/C60H62O14/c1-35-24-43(25-36(2)57(35)71-53(64)20-18-51(62)69-48-15-11-10-14-47(48)34-61)32-45-28-39(5)59(40(6)29-45)73-55(66)22-23-56(67)74-60-41(7)30-46(31-42(60)8)33-44-26-37(3)58(38(4)27-44)72-54(65)21-19-52(63)70-50-17-13-12-16-49(50)68-9/h10-17,24-31,61H,18-23,32-34H2,1-9H3. The maximum absolute atomic E-state index is 13.1. The Bertz CT molecular complexity index is 2790. The maximum atomic E-state index is 13.1. The Hall–Kier alpha value is -8.10. The number of carbonyl (C=O) groups excluding carboxylic acids is 6. The van der Waals surface area contributed by atoms with E-state index in [1.165, 1.54) is 7.11 Å². The van der Waals surface area contributed by atoms with E-state index in [2.05, 4.69) is 0 Å². The number of rotatable bonds is 21. The first-order chi connectivity index (χ1) is 35.3.